The van der Waals surface area contributed by atoms with Crippen molar-refractivity contribution in [3.05, 3.63) is 23.8 Å². The highest BCUT2D eigenvalue weighted by molar-refractivity contribution is 5.41. The molecule has 2 rings (SSSR count). The molecule has 0 N–H and O–H groups in total. The number of methoxy groups -OCH3 is 2. The van der Waals surface area contributed by atoms with Gasteiger partial charge in [-0.1, -0.05) is 6.42 Å². The van der Waals surface area contributed by atoms with Crippen molar-refractivity contribution in [3.8, 4) is 17.6 Å². The molecule has 1 saturated heterocycles. The lowest BCUT2D eigenvalue weighted by molar-refractivity contribution is 0.193. The van der Waals surface area contributed by atoms with Gasteiger partial charge in [-0.05, 0) is 44.1 Å². The SMILES string of the molecule is COc1ccc(OC)c(CC(C#N)N2CCCCC2)c1. The maximum absolute atomic E-state index is 9.47. The van der Waals surface area contributed by atoms with Crippen LogP contribution in [0.4, 0.5) is 0 Å². The number of likely N-dealkylation sites (tertiary alicyclic amines) is 1. The van der Waals surface area contributed by atoms with Gasteiger partial charge in [-0.2, -0.15) is 5.26 Å². The largest absolute Gasteiger partial charge is 0.497 e. The van der Waals surface area contributed by atoms with Crippen LogP contribution in [0.2, 0.25) is 0 Å². The summed E-state index contributed by atoms with van der Waals surface area (Å²) >= 11 is 0. The van der Waals surface area contributed by atoms with E-state index in [1.807, 2.05) is 18.2 Å². The summed E-state index contributed by atoms with van der Waals surface area (Å²) < 4.78 is 10.7. The summed E-state index contributed by atoms with van der Waals surface area (Å²) in [6, 6.07) is 8.10. The molecule has 4 nitrogen and oxygen atoms in total. The van der Waals surface area contributed by atoms with Gasteiger partial charge in [0.15, 0.2) is 0 Å². The van der Waals surface area contributed by atoms with E-state index < -0.39 is 0 Å². The number of nitriles is 1. The normalized spacial score (nSPS) is 17.2. The van der Waals surface area contributed by atoms with Crippen molar-refractivity contribution >= 4 is 0 Å². The van der Waals surface area contributed by atoms with Gasteiger partial charge in [-0.3, -0.25) is 4.90 Å². The van der Waals surface area contributed by atoms with E-state index in [1.54, 1.807) is 14.2 Å². The summed E-state index contributed by atoms with van der Waals surface area (Å²) in [5.74, 6) is 1.62. The van der Waals surface area contributed by atoms with E-state index in [2.05, 4.69) is 11.0 Å². The van der Waals surface area contributed by atoms with Gasteiger partial charge in [0, 0.05) is 12.0 Å². The molecular weight excluding hydrogens is 252 g/mol. The molecule has 20 heavy (non-hydrogen) atoms. The summed E-state index contributed by atoms with van der Waals surface area (Å²) in [6.45, 7) is 2.04. The molecule has 4 heteroatoms. The molecule has 0 spiro atoms. The van der Waals surface area contributed by atoms with Gasteiger partial charge in [0.2, 0.25) is 0 Å². The van der Waals surface area contributed by atoms with Crippen LogP contribution in [-0.4, -0.2) is 38.3 Å². The number of piperidine rings is 1. The van der Waals surface area contributed by atoms with Gasteiger partial charge in [-0.25, -0.2) is 0 Å². The Balaban J connectivity index is 2.15. The number of ether oxygens (including phenoxy) is 2. The van der Waals surface area contributed by atoms with Crippen LogP contribution in [0, 0.1) is 11.3 Å². The molecule has 0 radical (unpaired) electrons. The fourth-order valence-electron chi connectivity index (χ4n) is 2.74. The van der Waals surface area contributed by atoms with Gasteiger partial charge in [0.1, 0.15) is 17.5 Å². The average Bonchev–Trinajstić information content (AvgIpc) is 2.53. The van der Waals surface area contributed by atoms with E-state index in [1.165, 1.54) is 19.3 Å². The van der Waals surface area contributed by atoms with Crippen LogP contribution >= 0.6 is 0 Å². The van der Waals surface area contributed by atoms with Crippen molar-refractivity contribution in [2.45, 2.75) is 31.7 Å². The molecule has 1 fully saturated rings. The lowest BCUT2D eigenvalue weighted by atomic mass is 10.0. The fraction of sp³-hybridized carbons (Fsp3) is 0.562. The number of hydrogen-bond donors (Lipinski definition) is 0. The maximum atomic E-state index is 9.47. The molecule has 1 heterocycles. The maximum Gasteiger partial charge on any atom is 0.122 e. The first kappa shape index (κ1) is 14.7. The fourth-order valence-corrected chi connectivity index (χ4v) is 2.74. The molecule has 0 amide bonds. The van der Waals surface area contributed by atoms with Crippen molar-refractivity contribution in [1.82, 2.24) is 4.90 Å². The highest BCUT2D eigenvalue weighted by Crippen LogP contribution is 2.26. The standard InChI is InChI=1S/C16H22N2O2/c1-19-15-6-7-16(20-2)13(11-15)10-14(12-17)18-8-4-3-5-9-18/h6-7,11,14H,3-5,8-10H2,1-2H3. The molecule has 1 unspecified atom stereocenters. The lowest BCUT2D eigenvalue weighted by Gasteiger charge is -2.30. The Bertz CT molecular complexity index is 476. The van der Waals surface area contributed by atoms with E-state index >= 15 is 0 Å². The molecule has 108 valence electrons. The molecule has 0 aliphatic carbocycles. The first-order valence-corrected chi connectivity index (χ1v) is 7.13. The molecule has 1 aliphatic heterocycles. The van der Waals surface area contributed by atoms with Crippen LogP contribution < -0.4 is 9.47 Å². The highest BCUT2D eigenvalue weighted by Gasteiger charge is 2.22. The molecular formula is C16H22N2O2. The Kier molecular flexibility index (Phi) is 5.25. The average molecular weight is 274 g/mol. The van der Waals surface area contributed by atoms with Crippen molar-refractivity contribution in [3.63, 3.8) is 0 Å². The minimum absolute atomic E-state index is 0.0868. The second-order valence-corrected chi connectivity index (χ2v) is 5.12. The molecule has 1 aliphatic rings. The molecule has 1 aromatic carbocycles. The minimum Gasteiger partial charge on any atom is -0.497 e. The van der Waals surface area contributed by atoms with E-state index in [0.717, 1.165) is 30.2 Å². The molecule has 1 atom stereocenters. The predicted molar refractivity (Wildman–Crippen MR) is 78.1 cm³/mol. The zero-order valence-electron chi connectivity index (χ0n) is 12.3. The Morgan fingerprint density at radius 3 is 2.55 bits per heavy atom. The minimum atomic E-state index is -0.0868. The van der Waals surface area contributed by atoms with Crippen molar-refractivity contribution in [1.29, 1.82) is 5.26 Å². The first-order valence-electron chi connectivity index (χ1n) is 7.13. The van der Waals surface area contributed by atoms with Crippen LogP contribution in [-0.2, 0) is 6.42 Å². The Hall–Kier alpha value is -1.73. The zero-order chi connectivity index (χ0) is 14.4. The Morgan fingerprint density at radius 1 is 1.20 bits per heavy atom. The van der Waals surface area contributed by atoms with Gasteiger partial charge in [0.05, 0.1) is 20.3 Å². The summed E-state index contributed by atoms with van der Waals surface area (Å²) in [7, 11) is 3.31. The summed E-state index contributed by atoms with van der Waals surface area (Å²) in [5, 5.41) is 9.47. The van der Waals surface area contributed by atoms with Gasteiger partial charge >= 0.3 is 0 Å². The highest BCUT2D eigenvalue weighted by atomic mass is 16.5. The number of rotatable bonds is 5. The van der Waals surface area contributed by atoms with Gasteiger partial charge in [-0.15, -0.1) is 0 Å². The summed E-state index contributed by atoms with van der Waals surface area (Å²) in [6.07, 6.45) is 4.33. The predicted octanol–water partition coefficient (Wildman–Crippen LogP) is 2.62. The van der Waals surface area contributed by atoms with E-state index in [4.69, 9.17) is 9.47 Å². The Labute approximate surface area is 120 Å². The topological polar surface area (TPSA) is 45.5 Å². The monoisotopic (exact) mass is 274 g/mol. The lowest BCUT2D eigenvalue weighted by Crippen LogP contribution is -2.39. The third-order valence-electron chi connectivity index (χ3n) is 3.88. The molecule has 0 aromatic heterocycles. The van der Waals surface area contributed by atoms with Crippen molar-refractivity contribution < 1.29 is 9.47 Å². The van der Waals surface area contributed by atoms with E-state index in [9.17, 15) is 5.26 Å². The quantitative estimate of drug-likeness (QED) is 0.828. The third kappa shape index (κ3) is 3.43. The first-order chi connectivity index (χ1) is 9.78. The third-order valence-corrected chi connectivity index (χ3v) is 3.88. The second-order valence-electron chi connectivity index (χ2n) is 5.12. The van der Waals surface area contributed by atoms with E-state index in [-0.39, 0.29) is 6.04 Å². The number of benzene rings is 1. The second kappa shape index (κ2) is 7.16. The number of hydrogen-bond acceptors (Lipinski definition) is 4. The zero-order valence-corrected chi connectivity index (χ0v) is 12.3. The molecule has 0 saturated carbocycles. The summed E-state index contributed by atoms with van der Waals surface area (Å²) in [5.41, 5.74) is 1.03. The van der Waals surface area contributed by atoms with Crippen LogP contribution in [0.3, 0.4) is 0 Å². The number of nitrogens with zero attached hydrogens (tertiary/aromatic N) is 2. The Morgan fingerprint density at radius 2 is 1.95 bits per heavy atom. The smallest absolute Gasteiger partial charge is 0.122 e. The molecule has 0 bridgehead atoms. The van der Waals surface area contributed by atoms with Crippen LogP contribution in [0.25, 0.3) is 0 Å². The van der Waals surface area contributed by atoms with Crippen LogP contribution in [0.1, 0.15) is 24.8 Å². The van der Waals surface area contributed by atoms with Crippen LogP contribution in [0.5, 0.6) is 11.5 Å². The van der Waals surface area contributed by atoms with Crippen molar-refractivity contribution in [2.75, 3.05) is 27.3 Å². The van der Waals surface area contributed by atoms with Gasteiger partial charge < -0.3 is 9.47 Å². The van der Waals surface area contributed by atoms with Crippen molar-refractivity contribution in [2.24, 2.45) is 0 Å². The molecule has 1 aromatic rings. The summed E-state index contributed by atoms with van der Waals surface area (Å²) in [4.78, 5) is 2.28. The van der Waals surface area contributed by atoms with E-state index in [0.29, 0.717) is 6.42 Å². The van der Waals surface area contributed by atoms with Gasteiger partial charge in [0.25, 0.3) is 0 Å². The van der Waals surface area contributed by atoms with Crippen LogP contribution in [0.15, 0.2) is 18.2 Å².